The molecule has 6 nitrogen and oxygen atoms in total. The van der Waals surface area contributed by atoms with Crippen LogP contribution in [0.5, 0.6) is 5.75 Å². The van der Waals surface area contributed by atoms with E-state index in [0.29, 0.717) is 6.42 Å². The Hall–Kier alpha value is -3.71. The zero-order chi connectivity index (χ0) is 22.1. The molecule has 0 fully saturated rings. The summed E-state index contributed by atoms with van der Waals surface area (Å²) in [6.07, 6.45) is 2.60. The second-order valence-corrected chi connectivity index (χ2v) is 8.34. The van der Waals surface area contributed by atoms with Gasteiger partial charge in [0, 0.05) is 41.6 Å². The number of carbonyl (C=O) groups excluding carboxylic acids is 1. The normalized spacial score (nSPS) is 15.6. The number of carbonyl (C=O) groups is 1. The Labute approximate surface area is 190 Å². The van der Waals surface area contributed by atoms with E-state index < -0.39 is 0 Å². The van der Waals surface area contributed by atoms with Gasteiger partial charge in [-0.05, 0) is 35.7 Å². The van der Waals surface area contributed by atoms with Crippen molar-refractivity contribution >= 4 is 23.0 Å². The van der Waals surface area contributed by atoms with Gasteiger partial charge in [0.15, 0.2) is 0 Å². The SMILES string of the molecule is COc1ccccc1C1=NN(C(C)=O)[C@@H](c2cn(-c3ccccc3)nc2-c2ccsc2)C1. The van der Waals surface area contributed by atoms with Gasteiger partial charge in [0.2, 0.25) is 5.91 Å². The molecule has 1 amide bonds. The molecule has 0 saturated carbocycles. The molecule has 2 aromatic heterocycles. The second-order valence-electron chi connectivity index (χ2n) is 7.56. The van der Waals surface area contributed by atoms with Crippen LogP contribution in [0.1, 0.15) is 30.5 Å². The van der Waals surface area contributed by atoms with Crippen LogP contribution in [0.4, 0.5) is 0 Å². The Kier molecular flexibility index (Phi) is 5.33. The van der Waals surface area contributed by atoms with Crippen LogP contribution in [-0.2, 0) is 4.79 Å². The van der Waals surface area contributed by atoms with Gasteiger partial charge in [-0.2, -0.15) is 21.5 Å². The van der Waals surface area contributed by atoms with E-state index in [0.717, 1.165) is 39.5 Å². The summed E-state index contributed by atoms with van der Waals surface area (Å²) in [4.78, 5) is 12.6. The highest BCUT2D eigenvalue weighted by atomic mass is 32.1. The van der Waals surface area contributed by atoms with Crippen LogP contribution in [0, 0.1) is 0 Å². The lowest BCUT2D eigenvalue weighted by molar-refractivity contribution is -0.130. The molecular formula is C25H22N4O2S. The maximum atomic E-state index is 12.6. The number of thiophene rings is 1. The van der Waals surface area contributed by atoms with Crippen LogP contribution in [-0.4, -0.2) is 33.5 Å². The quantitative estimate of drug-likeness (QED) is 0.421. The largest absolute Gasteiger partial charge is 0.496 e. The first-order valence-corrected chi connectivity index (χ1v) is 11.3. The second kappa shape index (κ2) is 8.43. The van der Waals surface area contributed by atoms with E-state index >= 15 is 0 Å². The summed E-state index contributed by atoms with van der Waals surface area (Å²) in [5.74, 6) is 0.636. The topological polar surface area (TPSA) is 59.7 Å². The van der Waals surface area contributed by atoms with E-state index in [9.17, 15) is 4.79 Å². The predicted octanol–water partition coefficient (Wildman–Crippen LogP) is 5.31. The predicted molar refractivity (Wildman–Crippen MR) is 126 cm³/mol. The molecular weight excluding hydrogens is 420 g/mol. The molecule has 0 N–H and O–H groups in total. The molecule has 1 aliphatic heterocycles. The minimum absolute atomic E-state index is 0.108. The summed E-state index contributed by atoms with van der Waals surface area (Å²) in [6, 6.07) is 19.6. The fourth-order valence-electron chi connectivity index (χ4n) is 4.06. The summed E-state index contributed by atoms with van der Waals surface area (Å²) >= 11 is 1.63. The standard InChI is InChI=1S/C25H22N4O2S/c1-17(30)29-23(14-22(26-29)20-10-6-7-11-24(20)31-2)21-15-28(19-8-4-3-5-9-19)27-25(21)18-12-13-32-16-18/h3-13,15-16,23H,14H2,1-2H3/t23-/m1/s1. The molecule has 1 atom stereocenters. The van der Waals surface area contributed by atoms with E-state index in [2.05, 4.69) is 11.4 Å². The first kappa shape index (κ1) is 20.2. The van der Waals surface area contributed by atoms with Crippen molar-refractivity contribution in [3.63, 3.8) is 0 Å². The number of hydrazone groups is 1. The van der Waals surface area contributed by atoms with Gasteiger partial charge in [-0.25, -0.2) is 9.69 Å². The van der Waals surface area contributed by atoms with E-state index in [-0.39, 0.29) is 11.9 Å². The number of methoxy groups -OCH3 is 1. The van der Waals surface area contributed by atoms with E-state index in [4.69, 9.17) is 14.9 Å². The molecule has 0 spiro atoms. The first-order valence-electron chi connectivity index (χ1n) is 10.3. The van der Waals surface area contributed by atoms with E-state index in [1.165, 1.54) is 0 Å². The van der Waals surface area contributed by atoms with Crippen LogP contribution in [0.25, 0.3) is 16.9 Å². The number of rotatable bonds is 5. The summed E-state index contributed by atoms with van der Waals surface area (Å²) in [5, 5.41) is 15.3. The molecule has 2 aromatic carbocycles. The highest BCUT2D eigenvalue weighted by molar-refractivity contribution is 7.08. The summed E-state index contributed by atoms with van der Waals surface area (Å²) in [6.45, 7) is 1.55. The van der Waals surface area contributed by atoms with Crippen LogP contribution in [0.3, 0.4) is 0 Å². The maximum Gasteiger partial charge on any atom is 0.240 e. The van der Waals surface area contributed by atoms with E-state index in [1.54, 1.807) is 30.4 Å². The Morgan fingerprint density at radius 3 is 2.59 bits per heavy atom. The van der Waals surface area contributed by atoms with Gasteiger partial charge in [0.1, 0.15) is 5.75 Å². The third kappa shape index (κ3) is 3.61. The fraction of sp³-hybridized carbons (Fsp3) is 0.160. The molecule has 0 unspecified atom stereocenters. The Morgan fingerprint density at radius 2 is 1.88 bits per heavy atom. The van der Waals surface area contributed by atoms with Gasteiger partial charge in [0.25, 0.3) is 0 Å². The van der Waals surface area contributed by atoms with Gasteiger partial charge < -0.3 is 4.74 Å². The lowest BCUT2D eigenvalue weighted by atomic mass is 9.97. The molecule has 3 heterocycles. The minimum Gasteiger partial charge on any atom is -0.496 e. The van der Waals surface area contributed by atoms with Crippen molar-refractivity contribution in [2.45, 2.75) is 19.4 Å². The number of hydrogen-bond donors (Lipinski definition) is 0. The lowest BCUT2D eigenvalue weighted by Crippen LogP contribution is -2.24. The minimum atomic E-state index is -0.250. The molecule has 32 heavy (non-hydrogen) atoms. The van der Waals surface area contributed by atoms with Crippen LogP contribution >= 0.6 is 11.3 Å². The molecule has 0 aliphatic carbocycles. The van der Waals surface area contributed by atoms with Crippen molar-refractivity contribution in [2.75, 3.05) is 7.11 Å². The summed E-state index contributed by atoms with van der Waals surface area (Å²) in [5.41, 5.74) is 5.56. The highest BCUT2D eigenvalue weighted by Crippen LogP contribution is 2.39. The van der Waals surface area contributed by atoms with Crippen LogP contribution < -0.4 is 4.74 Å². The number of hydrogen-bond acceptors (Lipinski definition) is 5. The number of aromatic nitrogens is 2. The fourth-order valence-corrected chi connectivity index (χ4v) is 4.70. The van der Waals surface area contributed by atoms with Gasteiger partial charge in [-0.3, -0.25) is 4.79 Å². The average Bonchev–Trinajstić information content (AvgIpc) is 3.58. The number of benzene rings is 2. The van der Waals surface area contributed by atoms with Crippen molar-refractivity contribution in [2.24, 2.45) is 5.10 Å². The maximum absolute atomic E-state index is 12.6. The zero-order valence-corrected chi connectivity index (χ0v) is 18.6. The van der Waals surface area contributed by atoms with Gasteiger partial charge >= 0.3 is 0 Å². The van der Waals surface area contributed by atoms with Crippen molar-refractivity contribution in [1.82, 2.24) is 14.8 Å². The summed E-state index contributed by atoms with van der Waals surface area (Å²) < 4.78 is 7.42. The molecule has 0 bridgehead atoms. The Bertz CT molecular complexity index is 1280. The molecule has 0 radical (unpaired) electrons. The third-order valence-corrected chi connectivity index (χ3v) is 6.25. The molecule has 0 saturated heterocycles. The van der Waals surface area contributed by atoms with Crippen molar-refractivity contribution < 1.29 is 9.53 Å². The molecule has 7 heteroatoms. The number of ether oxygens (including phenoxy) is 1. The van der Waals surface area contributed by atoms with E-state index in [1.807, 2.05) is 70.9 Å². The van der Waals surface area contributed by atoms with Gasteiger partial charge in [-0.1, -0.05) is 30.3 Å². The van der Waals surface area contributed by atoms with Gasteiger partial charge in [-0.15, -0.1) is 0 Å². The smallest absolute Gasteiger partial charge is 0.240 e. The van der Waals surface area contributed by atoms with Crippen molar-refractivity contribution in [3.8, 4) is 22.7 Å². The number of para-hydroxylation sites is 2. The third-order valence-electron chi connectivity index (χ3n) is 5.57. The monoisotopic (exact) mass is 442 g/mol. The summed E-state index contributed by atoms with van der Waals surface area (Å²) in [7, 11) is 1.65. The van der Waals surface area contributed by atoms with Crippen molar-refractivity contribution in [3.05, 3.63) is 88.7 Å². The molecule has 4 aromatic rings. The lowest BCUT2D eigenvalue weighted by Gasteiger charge is -2.20. The molecule has 160 valence electrons. The Balaban J connectivity index is 1.60. The Morgan fingerprint density at radius 1 is 1.09 bits per heavy atom. The highest BCUT2D eigenvalue weighted by Gasteiger charge is 2.35. The van der Waals surface area contributed by atoms with Crippen molar-refractivity contribution in [1.29, 1.82) is 0 Å². The number of nitrogens with zero attached hydrogens (tertiary/aromatic N) is 4. The molecule has 5 rings (SSSR count). The average molecular weight is 443 g/mol. The first-order chi connectivity index (χ1) is 15.7. The van der Waals surface area contributed by atoms with Crippen LogP contribution in [0.15, 0.2) is 82.7 Å². The zero-order valence-electron chi connectivity index (χ0n) is 17.8. The molecule has 1 aliphatic rings. The van der Waals surface area contributed by atoms with Crippen LogP contribution in [0.2, 0.25) is 0 Å². The van der Waals surface area contributed by atoms with Gasteiger partial charge in [0.05, 0.1) is 30.2 Å². The number of amides is 1.